The number of furan rings is 1. The van der Waals surface area contributed by atoms with Crippen molar-refractivity contribution in [3.05, 3.63) is 84.1 Å². The molecule has 0 bridgehead atoms. The normalized spacial score (nSPS) is 10.6. The Balaban J connectivity index is 1.66. The van der Waals surface area contributed by atoms with Crippen LogP contribution in [0, 0.1) is 6.92 Å². The first-order valence-electron chi connectivity index (χ1n) is 8.09. The van der Waals surface area contributed by atoms with Gasteiger partial charge in [-0.05, 0) is 42.8 Å². The fourth-order valence-corrected chi connectivity index (χ4v) is 3.21. The molecule has 0 atom stereocenters. The number of benzene rings is 1. The average Bonchev–Trinajstić information content (AvgIpc) is 3.14. The molecule has 0 aliphatic heterocycles. The standard InChI is InChI=1S/C20H20N2O2S/c1-16-6-8-19(9-7-16)25-15-20(23)22(14-18-5-3-11-24-18)13-17-4-2-10-21-12-17/h2-12H,13-15H2,1H3. The molecule has 2 heterocycles. The first-order valence-corrected chi connectivity index (χ1v) is 9.08. The maximum Gasteiger partial charge on any atom is 0.233 e. The highest BCUT2D eigenvalue weighted by molar-refractivity contribution is 8.00. The average molecular weight is 352 g/mol. The number of hydrogen-bond acceptors (Lipinski definition) is 4. The van der Waals surface area contributed by atoms with E-state index >= 15 is 0 Å². The van der Waals surface area contributed by atoms with E-state index in [0.717, 1.165) is 16.2 Å². The Kier molecular flexibility index (Phi) is 5.90. The molecular formula is C20H20N2O2S. The summed E-state index contributed by atoms with van der Waals surface area (Å²) in [6.07, 6.45) is 5.15. The molecule has 3 aromatic rings. The third-order valence-electron chi connectivity index (χ3n) is 3.76. The summed E-state index contributed by atoms with van der Waals surface area (Å²) in [5.41, 5.74) is 2.22. The fourth-order valence-electron chi connectivity index (χ4n) is 2.41. The van der Waals surface area contributed by atoms with Gasteiger partial charge in [-0.15, -0.1) is 11.8 Å². The van der Waals surface area contributed by atoms with E-state index in [-0.39, 0.29) is 5.91 Å². The molecule has 0 radical (unpaired) electrons. The van der Waals surface area contributed by atoms with E-state index in [2.05, 4.69) is 24.0 Å². The molecule has 0 saturated carbocycles. The Hall–Kier alpha value is -2.53. The number of amides is 1. The van der Waals surface area contributed by atoms with E-state index in [1.165, 1.54) is 5.56 Å². The van der Waals surface area contributed by atoms with Gasteiger partial charge in [0.25, 0.3) is 0 Å². The molecule has 0 fully saturated rings. The zero-order valence-electron chi connectivity index (χ0n) is 14.1. The van der Waals surface area contributed by atoms with Crippen molar-refractivity contribution in [2.45, 2.75) is 24.9 Å². The Morgan fingerprint density at radius 1 is 1.12 bits per heavy atom. The van der Waals surface area contributed by atoms with E-state index in [9.17, 15) is 4.79 Å². The van der Waals surface area contributed by atoms with E-state index in [1.807, 2.05) is 36.4 Å². The molecule has 0 N–H and O–H groups in total. The zero-order valence-corrected chi connectivity index (χ0v) is 14.9. The summed E-state index contributed by atoms with van der Waals surface area (Å²) < 4.78 is 5.41. The van der Waals surface area contributed by atoms with Gasteiger partial charge < -0.3 is 9.32 Å². The molecule has 2 aromatic heterocycles. The van der Waals surface area contributed by atoms with Crippen LogP contribution in [0.3, 0.4) is 0 Å². The summed E-state index contributed by atoms with van der Waals surface area (Å²) in [6.45, 7) is 3.02. The smallest absolute Gasteiger partial charge is 0.233 e. The first kappa shape index (κ1) is 17.3. The topological polar surface area (TPSA) is 46.3 Å². The summed E-state index contributed by atoms with van der Waals surface area (Å²) >= 11 is 1.55. The zero-order chi connectivity index (χ0) is 17.5. The van der Waals surface area contributed by atoms with E-state index < -0.39 is 0 Å². The predicted octanol–water partition coefficient (Wildman–Crippen LogP) is 4.30. The molecule has 0 aliphatic rings. The van der Waals surface area contributed by atoms with Gasteiger partial charge in [-0.2, -0.15) is 0 Å². The summed E-state index contributed by atoms with van der Waals surface area (Å²) in [7, 11) is 0. The van der Waals surface area contributed by atoms with Crippen molar-refractivity contribution < 1.29 is 9.21 Å². The largest absolute Gasteiger partial charge is 0.467 e. The van der Waals surface area contributed by atoms with Crippen molar-refractivity contribution in [2.24, 2.45) is 0 Å². The lowest BCUT2D eigenvalue weighted by Crippen LogP contribution is -2.31. The number of carbonyl (C=O) groups excluding carboxylic acids is 1. The molecular weight excluding hydrogens is 332 g/mol. The van der Waals surface area contributed by atoms with Gasteiger partial charge in [0.1, 0.15) is 5.76 Å². The Morgan fingerprint density at radius 2 is 1.96 bits per heavy atom. The van der Waals surface area contributed by atoms with Crippen LogP contribution in [-0.2, 0) is 17.9 Å². The minimum atomic E-state index is 0.0748. The van der Waals surface area contributed by atoms with Crippen LogP contribution in [0.2, 0.25) is 0 Å². The molecule has 128 valence electrons. The lowest BCUT2D eigenvalue weighted by Gasteiger charge is -2.21. The second-order valence-corrected chi connectivity index (χ2v) is 6.84. The fraction of sp³-hybridized carbons (Fsp3) is 0.200. The molecule has 0 saturated heterocycles. The van der Waals surface area contributed by atoms with Gasteiger partial charge in [0.15, 0.2) is 0 Å². The van der Waals surface area contributed by atoms with Crippen molar-refractivity contribution >= 4 is 17.7 Å². The molecule has 25 heavy (non-hydrogen) atoms. The molecule has 0 aliphatic carbocycles. The van der Waals surface area contributed by atoms with Crippen LogP contribution in [0.25, 0.3) is 0 Å². The second kappa shape index (κ2) is 8.53. The molecule has 3 rings (SSSR count). The summed E-state index contributed by atoms with van der Waals surface area (Å²) in [5.74, 6) is 1.24. The number of pyridine rings is 1. The summed E-state index contributed by atoms with van der Waals surface area (Å²) in [6, 6.07) is 15.8. The van der Waals surface area contributed by atoms with Gasteiger partial charge in [0, 0.05) is 23.8 Å². The predicted molar refractivity (Wildman–Crippen MR) is 99.1 cm³/mol. The van der Waals surface area contributed by atoms with Gasteiger partial charge in [0.2, 0.25) is 5.91 Å². The number of aryl methyl sites for hydroxylation is 1. The number of thioether (sulfide) groups is 1. The van der Waals surface area contributed by atoms with E-state index in [0.29, 0.717) is 18.8 Å². The summed E-state index contributed by atoms with van der Waals surface area (Å²) in [4.78, 5) is 19.8. The SMILES string of the molecule is Cc1ccc(SCC(=O)N(Cc2cccnc2)Cc2ccco2)cc1. The molecule has 5 heteroatoms. The monoisotopic (exact) mass is 352 g/mol. The molecule has 4 nitrogen and oxygen atoms in total. The molecule has 0 unspecified atom stereocenters. The van der Waals surface area contributed by atoms with Crippen LogP contribution in [0.4, 0.5) is 0 Å². The van der Waals surface area contributed by atoms with Crippen molar-refractivity contribution in [2.75, 3.05) is 5.75 Å². The van der Waals surface area contributed by atoms with Gasteiger partial charge in [0.05, 0.1) is 18.6 Å². The van der Waals surface area contributed by atoms with Crippen LogP contribution in [0.1, 0.15) is 16.9 Å². The first-order chi connectivity index (χ1) is 12.2. The van der Waals surface area contributed by atoms with Gasteiger partial charge in [-0.1, -0.05) is 23.8 Å². The highest BCUT2D eigenvalue weighted by Crippen LogP contribution is 2.20. The highest BCUT2D eigenvalue weighted by atomic mass is 32.2. The van der Waals surface area contributed by atoms with Crippen molar-refractivity contribution in [1.82, 2.24) is 9.88 Å². The van der Waals surface area contributed by atoms with E-state index in [1.54, 1.807) is 35.3 Å². The second-order valence-electron chi connectivity index (χ2n) is 5.79. The minimum Gasteiger partial charge on any atom is -0.467 e. The van der Waals surface area contributed by atoms with Crippen molar-refractivity contribution in [1.29, 1.82) is 0 Å². The third kappa shape index (κ3) is 5.22. The van der Waals surface area contributed by atoms with Crippen LogP contribution in [0.15, 0.2) is 76.5 Å². The van der Waals surface area contributed by atoms with Crippen LogP contribution >= 0.6 is 11.8 Å². The lowest BCUT2D eigenvalue weighted by molar-refractivity contribution is -0.129. The van der Waals surface area contributed by atoms with Crippen molar-refractivity contribution in [3.63, 3.8) is 0 Å². The maximum atomic E-state index is 12.8. The van der Waals surface area contributed by atoms with Crippen LogP contribution < -0.4 is 0 Å². The number of aromatic nitrogens is 1. The van der Waals surface area contributed by atoms with Gasteiger partial charge in [-0.3, -0.25) is 9.78 Å². The number of rotatable bonds is 7. The molecule has 1 amide bonds. The number of carbonyl (C=O) groups is 1. The summed E-state index contributed by atoms with van der Waals surface area (Å²) in [5, 5.41) is 0. The Labute approximate surface area is 151 Å². The third-order valence-corrected chi connectivity index (χ3v) is 4.76. The number of nitrogens with zero attached hydrogens (tertiary/aromatic N) is 2. The number of hydrogen-bond donors (Lipinski definition) is 0. The highest BCUT2D eigenvalue weighted by Gasteiger charge is 2.16. The Bertz CT molecular complexity index is 786. The van der Waals surface area contributed by atoms with E-state index in [4.69, 9.17) is 4.42 Å². The molecule has 1 aromatic carbocycles. The molecule has 0 spiro atoms. The maximum absolute atomic E-state index is 12.8. The quantitative estimate of drug-likeness (QED) is 0.595. The van der Waals surface area contributed by atoms with Crippen LogP contribution in [-0.4, -0.2) is 21.5 Å². The lowest BCUT2D eigenvalue weighted by atomic mass is 10.2. The Morgan fingerprint density at radius 3 is 2.64 bits per heavy atom. The minimum absolute atomic E-state index is 0.0748. The van der Waals surface area contributed by atoms with Gasteiger partial charge >= 0.3 is 0 Å². The van der Waals surface area contributed by atoms with Crippen LogP contribution in [0.5, 0.6) is 0 Å². The van der Waals surface area contributed by atoms with Crippen molar-refractivity contribution in [3.8, 4) is 0 Å². The van der Waals surface area contributed by atoms with Gasteiger partial charge in [-0.25, -0.2) is 0 Å².